The third-order valence-electron chi connectivity index (χ3n) is 12.4. The molecule has 3 aromatic carbocycles. The minimum absolute atomic E-state index is 0.00944. The first kappa shape index (κ1) is 53.8. The lowest BCUT2D eigenvalue weighted by molar-refractivity contribution is -0.137. The van der Waals surface area contributed by atoms with Crippen LogP contribution in [0.1, 0.15) is 96.0 Å². The molecule has 0 aliphatic heterocycles. The zero-order chi connectivity index (χ0) is 48.9. The van der Waals surface area contributed by atoms with Gasteiger partial charge in [-0.2, -0.15) is 0 Å². The fourth-order valence-electron chi connectivity index (χ4n) is 8.18. The minimum Gasteiger partial charge on any atom is -0.493 e. The number of aryl methyl sites for hydroxylation is 1. The van der Waals surface area contributed by atoms with Crippen molar-refractivity contribution in [2.45, 2.75) is 130 Å². The van der Waals surface area contributed by atoms with E-state index in [0.717, 1.165) is 24.0 Å². The third kappa shape index (κ3) is 16.2. The largest absolute Gasteiger partial charge is 0.493 e. The van der Waals surface area contributed by atoms with Gasteiger partial charge in [0.1, 0.15) is 12.8 Å². The van der Waals surface area contributed by atoms with Gasteiger partial charge >= 0.3 is 0 Å². The first-order valence-electron chi connectivity index (χ1n) is 23.5. The van der Waals surface area contributed by atoms with Crippen molar-refractivity contribution in [1.82, 2.24) is 30.8 Å². The van der Waals surface area contributed by atoms with Crippen LogP contribution in [0.2, 0.25) is 0 Å². The van der Waals surface area contributed by atoms with Crippen molar-refractivity contribution in [3.63, 3.8) is 0 Å². The predicted molar refractivity (Wildman–Crippen MR) is 258 cm³/mol. The fraction of sp³-hybridized carbons (Fsp3) is 0.519. The Morgan fingerprint density at radius 1 is 0.806 bits per heavy atom. The molecule has 1 heterocycles. The van der Waals surface area contributed by atoms with Gasteiger partial charge in [0.2, 0.25) is 29.4 Å². The van der Waals surface area contributed by atoms with E-state index in [9.17, 15) is 24.3 Å². The Hall–Kier alpha value is -5.77. The van der Waals surface area contributed by atoms with Crippen LogP contribution in [0, 0.1) is 17.8 Å². The Morgan fingerprint density at radius 3 is 2.09 bits per heavy atom. The van der Waals surface area contributed by atoms with Gasteiger partial charge in [-0.15, -0.1) is 0 Å². The maximum absolute atomic E-state index is 14.5. The summed E-state index contributed by atoms with van der Waals surface area (Å²) in [4.78, 5) is 60.4. The third-order valence-corrected chi connectivity index (χ3v) is 12.4. The molecule has 0 saturated heterocycles. The Labute approximate surface area is 397 Å². The first-order valence-corrected chi connectivity index (χ1v) is 23.5. The summed E-state index contributed by atoms with van der Waals surface area (Å²) in [5, 5.41) is 24.3. The highest BCUT2D eigenvalue weighted by Gasteiger charge is 2.40. The van der Waals surface area contributed by atoms with E-state index in [4.69, 9.17) is 18.9 Å². The van der Waals surface area contributed by atoms with Gasteiger partial charge in [-0.3, -0.25) is 24.5 Å². The molecule has 0 aliphatic rings. The molecule has 0 radical (unpaired) electrons. The van der Waals surface area contributed by atoms with E-state index in [0.29, 0.717) is 54.5 Å². The van der Waals surface area contributed by atoms with Crippen LogP contribution in [-0.4, -0.2) is 89.9 Å². The monoisotopic (exact) mass is 927 g/mol. The van der Waals surface area contributed by atoms with E-state index in [1.165, 1.54) is 21.3 Å². The molecule has 6 atom stereocenters. The minimum atomic E-state index is -1.60. The van der Waals surface area contributed by atoms with Crippen molar-refractivity contribution in [2.75, 3.05) is 27.9 Å². The van der Waals surface area contributed by atoms with E-state index >= 15 is 0 Å². The second-order valence-electron chi connectivity index (χ2n) is 17.8. The zero-order valence-corrected chi connectivity index (χ0v) is 40.9. The SMILES string of the molecule is CCC[C@H](NC(=O)[C@H](Cc1cncn1COCc1ccccc1)NC(=O)CCc1ccc(OC)c(OC)c1OC)[C@@](C)(O)C[C@H](C(=O)NC(=O)[C@@H](NCCc1ccccc1)[C@@H](C)CC)C(C)C. The van der Waals surface area contributed by atoms with Gasteiger partial charge < -0.3 is 44.6 Å². The number of hydrogen-bond donors (Lipinski definition) is 5. The normalized spacial score (nSPS) is 14.5. The summed E-state index contributed by atoms with van der Waals surface area (Å²) in [5.74, 6) is -1.56. The summed E-state index contributed by atoms with van der Waals surface area (Å²) >= 11 is 0. The summed E-state index contributed by atoms with van der Waals surface area (Å²) in [6.07, 6.45) is 5.95. The van der Waals surface area contributed by atoms with E-state index in [1.807, 2.05) is 95.3 Å². The zero-order valence-electron chi connectivity index (χ0n) is 40.9. The molecule has 1 aromatic heterocycles. The van der Waals surface area contributed by atoms with E-state index in [2.05, 4.69) is 26.3 Å². The number of nitrogens with zero attached hydrogens (tertiary/aromatic N) is 2. The number of benzene rings is 3. The molecule has 67 heavy (non-hydrogen) atoms. The predicted octanol–water partition coefficient (Wildman–Crippen LogP) is 6.33. The summed E-state index contributed by atoms with van der Waals surface area (Å²) in [5.41, 5.74) is 1.89. The molecule has 0 bridgehead atoms. The first-order chi connectivity index (χ1) is 32.2. The van der Waals surface area contributed by atoms with Crippen molar-refractivity contribution < 1.29 is 43.2 Å². The average Bonchev–Trinajstić information content (AvgIpc) is 3.77. The molecule has 15 nitrogen and oxygen atoms in total. The van der Waals surface area contributed by atoms with Gasteiger partial charge in [0.15, 0.2) is 11.5 Å². The van der Waals surface area contributed by atoms with Gasteiger partial charge in [0.05, 0.1) is 51.9 Å². The molecule has 0 fully saturated rings. The summed E-state index contributed by atoms with van der Waals surface area (Å²) in [6.45, 7) is 12.3. The number of hydrogen-bond acceptors (Lipinski definition) is 11. The van der Waals surface area contributed by atoms with Crippen LogP contribution in [0.5, 0.6) is 17.2 Å². The van der Waals surface area contributed by atoms with Crippen LogP contribution in [0.25, 0.3) is 0 Å². The Morgan fingerprint density at radius 2 is 1.48 bits per heavy atom. The number of methoxy groups -OCH3 is 3. The van der Waals surface area contributed by atoms with Crippen molar-refractivity contribution in [3.05, 3.63) is 108 Å². The van der Waals surface area contributed by atoms with Crippen molar-refractivity contribution >= 4 is 23.6 Å². The average molecular weight is 927 g/mol. The second-order valence-corrected chi connectivity index (χ2v) is 17.8. The van der Waals surface area contributed by atoms with E-state index in [1.54, 1.807) is 36.1 Å². The number of nitrogens with one attached hydrogen (secondary N) is 4. The Kier molecular flexibility index (Phi) is 21.8. The molecule has 0 aliphatic carbocycles. The standard InChI is InChI=1S/C52H74N6O9/c1-10-18-44(52(6,63)30-41(35(3)4)49(60)57-51(62)46(36(5)11-2)54-28-27-37-19-14-12-15-20-37)56-50(61)42(29-40-31-53-33-58(40)34-67-32-38-21-16-13-17-22-38)55-45(59)26-24-39-23-25-43(64-7)48(66-9)47(39)65-8/h12-17,19-23,25,31,33,35-36,41-42,44,46,54,63H,10-11,18,24,26-30,32,34H2,1-9H3,(H,55,59)(H,56,61)(H,57,60,62)/t36-,41-,42-,44-,46-,52-/m0/s1. The van der Waals surface area contributed by atoms with Gasteiger partial charge in [0.25, 0.3) is 0 Å². The molecule has 4 rings (SSSR count). The van der Waals surface area contributed by atoms with E-state index in [-0.39, 0.29) is 44.2 Å². The molecular weight excluding hydrogens is 853 g/mol. The van der Waals surface area contributed by atoms with Crippen molar-refractivity contribution in [1.29, 1.82) is 0 Å². The summed E-state index contributed by atoms with van der Waals surface area (Å²) in [6, 6.07) is 20.8. The lowest BCUT2D eigenvalue weighted by Gasteiger charge is -2.38. The number of amides is 4. The molecule has 0 unspecified atom stereocenters. The maximum Gasteiger partial charge on any atom is 0.243 e. The van der Waals surface area contributed by atoms with E-state index < -0.39 is 53.3 Å². The highest BCUT2D eigenvalue weighted by atomic mass is 16.5. The molecule has 5 N–H and O–H groups in total. The highest BCUT2D eigenvalue weighted by Crippen LogP contribution is 2.40. The van der Waals surface area contributed by atoms with Crippen LogP contribution < -0.4 is 35.5 Å². The van der Waals surface area contributed by atoms with Crippen LogP contribution >= 0.6 is 0 Å². The van der Waals surface area contributed by atoms with Crippen LogP contribution in [-0.2, 0) is 56.5 Å². The Balaban J connectivity index is 1.52. The molecular formula is C52H74N6O9. The maximum atomic E-state index is 14.5. The number of aromatic nitrogens is 2. The van der Waals surface area contributed by atoms with Gasteiger partial charge in [-0.25, -0.2) is 4.98 Å². The number of imidazole rings is 1. The van der Waals surface area contributed by atoms with Gasteiger partial charge in [0, 0.05) is 30.7 Å². The quantitative estimate of drug-likeness (QED) is 0.0409. The molecule has 0 spiro atoms. The lowest BCUT2D eigenvalue weighted by atomic mass is 9.79. The molecule has 15 heteroatoms. The number of ether oxygens (including phenoxy) is 4. The topological polar surface area (TPSA) is 191 Å². The molecule has 366 valence electrons. The highest BCUT2D eigenvalue weighted by molar-refractivity contribution is 5.99. The number of carbonyl (C=O) groups excluding carboxylic acids is 4. The number of imide groups is 1. The molecule has 0 saturated carbocycles. The van der Waals surface area contributed by atoms with Crippen LogP contribution in [0.3, 0.4) is 0 Å². The lowest BCUT2D eigenvalue weighted by Crippen LogP contribution is -2.58. The van der Waals surface area contributed by atoms with Crippen molar-refractivity contribution in [2.24, 2.45) is 17.8 Å². The molecule has 4 amide bonds. The number of carbonyl (C=O) groups is 4. The van der Waals surface area contributed by atoms with Crippen LogP contribution in [0.15, 0.2) is 85.3 Å². The van der Waals surface area contributed by atoms with Crippen LogP contribution in [0.4, 0.5) is 0 Å². The number of aliphatic hydroxyl groups is 1. The summed E-state index contributed by atoms with van der Waals surface area (Å²) in [7, 11) is 4.55. The molecule has 4 aromatic rings. The van der Waals surface area contributed by atoms with Gasteiger partial charge in [-0.05, 0) is 73.7 Å². The van der Waals surface area contributed by atoms with Gasteiger partial charge in [-0.1, -0.05) is 114 Å². The smallest absolute Gasteiger partial charge is 0.243 e. The fourth-order valence-corrected chi connectivity index (χ4v) is 8.18. The van der Waals surface area contributed by atoms with Crippen molar-refractivity contribution in [3.8, 4) is 17.2 Å². The number of rotatable bonds is 29. The summed E-state index contributed by atoms with van der Waals surface area (Å²) < 4.78 is 24.4. The second kappa shape index (κ2) is 27.1. The Bertz CT molecular complexity index is 2150.